The molecule has 3 rings (SSSR count). The van der Waals surface area contributed by atoms with Crippen molar-refractivity contribution < 1.29 is 34.4 Å². The number of methoxy groups -OCH3 is 2. The molecule has 1 aliphatic rings. The van der Waals surface area contributed by atoms with Crippen LogP contribution in [0, 0.1) is 0 Å². The topological polar surface area (TPSA) is 129 Å². The average molecular weight is 416 g/mol. The number of amides is 2. The molecule has 4 N–H and O–H groups in total. The van der Waals surface area contributed by atoms with E-state index in [-0.39, 0.29) is 17.5 Å². The molecule has 0 radical (unpaired) electrons. The van der Waals surface area contributed by atoms with Crippen molar-refractivity contribution in [3.05, 3.63) is 41.5 Å². The van der Waals surface area contributed by atoms with Gasteiger partial charge in [-0.25, -0.2) is 0 Å². The van der Waals surface area contributed by atoms with Crippen molar-refractivity contribution in [1.29, 1.82) is 0 Å². The van der Waals surface area contributed by atoms with Crippen molar-refractivity contribution in [2.24, 2.45) is 0 Å². The number of phenols is 3. The number of phenolic OH excluding ortho intramolecular Hbond substituents is 3. The summed E-state index contributed by atoms with van der Waals surface area (Å²) in [6.07, 6.45) is 1.10. The van der Waals surface area contributed by atoms with Crippen LogP contribution in [0.4, 0.5) is 0 Å². The van der Waals surface area contributed by atoms with E-state index in [9.17, 15) is 24.9 Å². The molecule has 0 aromatic heterocycles. The van der Waals surface area contributed by atoms with E-state index in [2.05, 4.69) is 5.32 Å². The minimum absolute atomic E-state index is 0.0322. The number of benzene rings is 2. The Hall–Kier alpha value is -3.62. The molecule has 0 unspecified atom stereocenters. The average Bonchev–Trinajstić information content (AvgIpc) is 2.76. The van der Waals surface area contributed by atoms with Crippen molar-refractivity contribution in [1.82, 2.24) is 10.2 Å². The fourth-order valence-corrected chi connectivity index (χ4v) is 3.34. The van der Waals surface area contributed by atoms with Crippen LogP contribution in [0.3, 0.4) is 0 Å². The Bertz CT molecular complexity index is 907. The van der Waals surface area contributed by atoms with Gasteiger partial charge in [-0.1, -0.05) is 0 Å². The number of nitrogens with zero attached hydrogens (tertiary/aromatic N) is 1. The Morgan fingerprint density at radius 2 is 1.43 bits per heavy atom. The lowest BCUT2D eigenvalue weighted by atomic mass is 10.0. The molecule has 2 amide bonds. The van der Waals surface area contributed by atoms with Crippen LogP contribution in [-0.2, 0) is 0 Å². The molecular weight excluding hydrogens is 392 g/mol. The first-order chi connectivity index (χ1) is 14.3. The van der Waals surface area contributed by atoms with Gasteiger partial charge < -0.3 is 35.0 Å². The van der Waals surface area contributed by atoms with Gasteiger partial charge in [-0.2, -0.15) is 0 Å². The first-order valence-corrected chi connectivity index (χ1v) is 9.40. The first-order valence-electron chi connectivity index (χ1n) is 9.40. The summed E-state index contributed by atoms with van der Waals surface area (Å²) in [5.74, 6) is -1.40. The summed E-state index contributed by atoms with van der Waals surface area (Å²) in [4.78, 5) is 26.9. The highest BCUT2D eigenvalue weighted by molar-refractivity contribution is 5.96. The van der Waals surface area contributed by atoms with E-state index < -0.39 is 23.2 Å². The Morgan fingerprint density at radius 3 is 1.93 bits per heavy atom. The normalized spacial score (nSPS) is 14.3. The number of hydrogen-bond acceptors (Lipinski definition) is 7. The summed E-state index contributed by atoms with van der Waals surface area (Å²) in [7, 11) is 3.04. The lowest BCUT2D eigenvalue weighted by Crippen LogP contribution is -2.46. The molecule has 2 aromatic carbocycles. The largest absolute Gasteiger partial charge is 0.504 e. The third-order valence-electron chi connectivity index (χ3n) is 5.05. The van der Waals surface area contributed by atoms with E-state index >= 15 is 0 Å². The molecule has 2 aromatic rings. The van der Waals surface area contributed by atoms with Crippen LogP contribution in [0.5, 0.6) is 28.7 Å². The van der Waals surface area contributed by atoms with E-state index in [0.29, 0.717) is 43.0 Å². The number of ether oxygens (including phenoxy) is 2. The third-order valence-corrected chi connectivity index (χ3v) is 5.05. The van der Waals surface area contributed by atoms with E-state index in [0.717, 1.165) is 12.1 Å². The molecule has 1 fully saturated rings. The van der Waals surface area contributed by atoms with Crippen molar-refractivity contribution in [3.8, 4) is 28.7 Å². The molecule has 0 bridgehead atoms. The molecule has 9 nitrogen and oxygen atoms in total. The molecule has 30 heavy (non-hydrogen) atoms. The van der Waals surface area contributed by atoms with Crippen LogP contribution >= 0.6 is 0 Å². The zero-order chi connectivity index (χ0) is 21.8. The van der Waals surface area contributed by atoms with Crippen LogP contribution in [0.2, 0.25) is 0 Å². The van der Waals surface area contributed by atoms with Gasteiger partial charge in [-0.15, -0.1) is 0 Å². The van der Waals surface area contributed by atoms with Crippen LogP contribution in [0.15, 0.2) is 30.3 Å². The molecule has 0 atom stereocenters. The Kier molecular flexibility index (Phi) is 6.20. The summed E-state index contributed by atoms with van der Waals surface area (Å²) in [6.45, 7) is 0.908. The van der Waals surface area contributed by atoms with E-state index in [1.807, 2.05) is 0 Å². The zero-order valence-corrected chi connectivity index (χ0v) is 16.7. The highest BCUT2D eigenvalue weighted by atomic mass is 16.5. The Balaban J connectivity index is 1.61. The number of likely N-dealkylation sites (tertiary alicyclic amines) is 1. The molecule has 9 heteroatoms. The maximum Gasteiger partial charge on any atom is 0.254 e. The second-order valence-electron chi connectivity index (χ2n) is 7.00. The van der Waals surface area contributed by atoms with Crippen LogP contribution in [0.25, 0.3) is 0 Å². The number of hydrogen-bond donors (Lipinski definition) is 4. The molecular formula is C21H24N2O7. The van der Waals surface area contributed by atoms with Crippen molar-refractivity contribution in [3.63, 3.8) is 0 Å². The summed E-state index contributed by atoms with van der Waals surface area (Å²) in [6, 6.07) is 7.00. The van der Waals surface area contributed by atoms with Gasteiger partial charge in [0.2, 0.25) is 0 Å². The van der Waals surface area contributed by atoms with Crippen molar-refractivity contribution in [2.45, 2.75) is 18.9 Å². The van der Waals surface area contributed by atoms with E-state index in [1.165, 1.54) is 14.2 Å². The lowest BCUT2D eigenvalue weighted by Gasteiger charge is -2.32. The van der Waals surface area contributed by atoms with Crippen LogP contribution in [-0.4, -0.2) is 65.4 Å². The van der Waals surface area contributed by atoms with Crippen molar-refractivity contribution >= 4 is 11.8 Å². The number of aromatic hydroxyl groups is 3. The predicted octanol–water partition coefficient (Wildman–Crippen LogP) is 1.86. The van der Waals surface area contributed by atoms with Gasteiger partial charge in [0.1, 0.15) is 11.5 Å². The summed E-state index contributed by atoms with van der Waals surface area (Å²) >= 11 is 0. The predicted molar refractivity (Wildman–Crippen MR) is 107 cm³/mol. The zero-order valence-electron chi connectivity index (χ0n) is 16.7. The summed E-state index contributed by atoms with van der Waals surface area (Å²) < 4.78 is 10.4. The minimum atomic E-state index is -0.674. The summed E-state index contributed by atoms with van der Waals surface area (Å²) in [5.41, 5.74) is 0.494. The highest BCUT2D eigenvalue weighted by Gasteiger charge is 2.26. The maximum atomic E-state index is 12.8. The Morgan fingerprint density at radius 1 is 0.900 bits per heavy atom. The van der Waals surface area contributed by atoms with Crippen LogP contribution < -0.4 is 14.8 Å². The minimum Gasteiger partial charge on any atom is -0.504 e. The SMILES string of the molecule is COc1cc(OC)cc(C(=O)N2CCC(NC(=O)c3cc(O)c(O)c(O)c3)CC2)c1. The summed E-state index contributed by atoms with van der Waals surface area (Å²) in [5, 5.41) is 31.3. The number of carbonyl (C=O) groups is 2. The number of rotatable bonds is 5. The van der Waals surface area contributed by atoms with Gasteiger partial charge >= 0.3 is 0 Å². The smallest absolute Gasteiger partial charge is 0.254 e. The van der Waals surface area contributed by atoms with Crippen molar-refractivity contribution in [2.75, 3.05) is 27.3 Å². The standard InChI is InChI=1S/C21H24N2O7/c1-29-15-7-13(8-16(11-15)30-2)21(28)23-5-3-14(4-6-23)22-20(27)12-9-17(24)19(26)18(25)10-12/h7-11,14,24-26H,3-6H2,1-2H3,(H,22,27). The number of piperidine rings is 1. The monoisotopic (exact) mass is 416 g/mol. The number of carbonyl (C=O) groups excluding carboxylic acids is 2. The number of nitrogens with one attached hydrogen (secondary N) is 1. The molecule has 1 heterocycles. The molecule has 0 spiro atoms. The quantitative estimate of drug-likeness (QED) is 0.548. The van der Waals surface area contributed by atoms with E-state index in [4.69, 9.17) is 9.47 Å². The van der Waals surface area contributed by atoms with E-state index in [1.54, 1.807) is 23.1 Å². The molecule has 1 aliphatic heterocycles. The second kappa shape index (κ2) is 8.81. The van der Waals surface area contributed by atoms with Crippen LogP contribution in [0.1, 0.15) is 33.6 Å². The Labute approximate surface area is 173 Å². The second-order valence-corrected chi connectivity index (χ2v) is 7.00. The molecule has 1 saturated heterocycles. The highest BCUT2D eigenvalue weighted by Crippen LogP contribution is 2.35. The fraction of sp³-hybridized carbons (Fsp3) is 0.333. The van der Waals surface area contributed by atoms with Gasteiger partial charge in [0.15, 0.2) is 17.2 Å². The lowest BCUT2D eigenvalue weighted by molar-refractivity contribution is 0.0697. The van der Waals surface area contributed by atoms with Gasteiger partial charge in [-0.3, -0.25) is 9.59 Å². The first kappa shape index (κ1) is 21.1. The maximum absolute atomic E-state index is 12.8. The van der Waals surface area contributed by atoms with Gasteiger partial charge in [0.25, 0.3) is 11.8 Å². The third kappa shape index (κ3) is 4.51. The van der Waals surface area contributed by atoms with Gasteiger partial charge in [0, 0.05) is 36.3 Å². The molecule has 0 aliphatic carbocycles. The molecule has 160 valence electrons. The molecule has 0 saturated carbocycles. The van der Waals surface area contributed by atoms with Gasteiger partial charge in [-0.05, 0) is 37.1 Å². The fourth-order valence-electron chi connectivity index (χ4n) is 3.34. The van der Waals surface area contributed by atoms with Gasteiger partial charge in [0.05, 0.1) is 14.2 Å².